The van der Waals surface area contributed by atoms with E-state index in [1.165, 1.54) is 6.07 Å². The Morgan fingerprint density at radius 2 is 2.24 bits per heavy atom. The number of nitrogens with two attached hydrogens (primary N) is 1. The lowest BCUT2D eigenvalue weighted by molar-refractivity contribution is 0.0928. The van der Waals surface area contributed by atoms with Crippen LogP contribution in [-0.4, -0.2) is 23.0 Å². The van der Waals surface area contributed by atoms with Gasteiger partial charge in [-0.3, -0.25) is 9.59 Å². The molecular formula is C12H17N3O2. The summed E-state index contributed by atoms with van der Waals surface area (Å²) in [6.07, 6.45) is 2.96. The summed E-state index contributed by atoms with van der Waals surface area (Å²) in [6.45, 7) is 2.20. The van der Waals surface area contributed by atoms with Crippen LogP contribution in [0.25, 0.3) is 0 Å². The normalized spacial score (nSPS) is 17.3. The molecule has 0 unspecified atom stereocenters. The average molecular weight is 235 g/mol. The number of hydrogen-bond acceptors (Lipinski definition) is 3. The molecule has 0 saturated heterocycles. The van der Waals surface area contributed by atoms with Gasteiger partial charge in [-0.25, -0.2) is 0 Å². The molecule has 0 spiro atoms. The summed E-state index contributed by atoms with van der Waals surface area (Å²) in [4.78, 5) is 25.9. The van der Waals surface area contributed by atoms with E-state index >= 15 is 0 Å². The van der Waals surface area contributed by atoms with Crippen LogP contribution in [0.1, 0.15) is 35.3 Å². The molecule has 1 fully saturated rings. The van der Waals surface area contributed by atoms with Gasteiger partial charge in [-0.05, 0) is 38.3 Å². The highest BCUT2D eigenvalue weighted by Gasteiger charge is 2.32. The van der Waals surface area contributed by atoms with Crippen LogP contribution in [0.15, 0.2) is 16.9 Å². The lowest BCUT2D eigenvalue weighted by Gasteiger charge is -2.38. The first-order valence-electron chi connectivity index (χ1n) is 5.77. The number of carbonyl (C=O) groups excluding carboxylic acids is 1. The van der Waals surface area contributed by atoms with Gasteiger partial charge in [0.1, 0.15) is 5.56 Å². The Bertz CT molecular complexity index is 489. The van der Waals surface area contributed by atoms with Crippen molar-refractivity contribution >= 4 is 5.91 Å². The maximum absolute atomic E-state index is 11.8. The Hall–Kier alpha value is -1.62. The molecular weight excluding hydrogens is 218 g/mol. The van der Waals surface area contributed by atoms with Gasteiger partial charge in [0.05, 0.1) is 0 Å². The number of H-pyrrole nitrogens is 1. The molecule has 0 radical (unpaired) electrons. The third-order valence-electron chi connectivity index (χ3n) is 3.25. The van der Waals surface area contributed by atoms with Gasteiger partial charge in [-0.15, -0.1) is 0 Å². The van der Waals surface area contributed by atoms with E-state index in [2.05, 4.69) is 10.3 Å². The van der Waals surface area contributed by atoms with Gasteiger partial charge in [0.15, 0.2) is 0 Å². The first-order chi connectivity index (χ1) is 8.00. The molecule has 1 aromatic rings. The molecule has 1 aromatic heterocycles. The van der Waals surface area contributed by atoms with Crippen molar-refractivity contribution in [3.05, 3.63) is 33.7 Å². The van der Waals surface area contributed by atoms with Gasteiger partial charge in [0.25, 0.3) is 11.5 Å². The largest absolute Gasteiger partial charge is 0.350 e. The highest BCUT2D eigenvalue weighted by molar-refractivity contribution is 5.93. The molecule has 5 heteroatoms. The predicted molar refractivity (Wildman–Crippen MR) is 64.9 cm³/mol. The molecule has 92 valence electrons. The minimum absolute atomic E-state index is 0.138. The van der Waals surface area contributed by atoms with Crippen molar-refractivity contribution < 1.29 is 4.79 Å². The number of pyridine rings is 1. The van der Waals surface area contributed by atoms with Crippen molar-refractivity contribution in [1.29, 1.82) is 0 Å². The summed E-state index contributed by atoms with van der Waals surface area (Å²) in [5.74, 6) is -0.358. The molecule has 0 atom stereocenters. The van der Waals surface area contributed by atoms with Crippen molar-refractivity contribution in [1.82, 2.24) is 10.3 Å². The quantitative estimate of drug-likeness (QED) is 0.703. The maximum Gasteiger partial charge on any atom is 0.260 e. The van der Waals surface area contributed by atoms with E-state index in [1.807, 2.05) is 0 Å². The Balaban J connectivity index is 2.02. The third kappa shape index (κ3) is 2.55. The van der Waals surface area contributed by atoms with Gasteiger partial charge in [-0.1, -0.05) is 0 Å². The van der Waals surface area contributed by atoms with Gasteiger partial charge in [-0.2, -0.15) is 0 Å². The van der Waals surface area contributed by atoms with Crippen LogP contribution in [0.2, 0.25) is 0 Å². The number of nitrogens with one attached hydrogen (secondary N) is 2. The van der Waals surface area contributed by atoms with Gasteiger partial charge >= 0.3 is 0 Å². The highest BCUT2D eigenvalue weighted by Crippen LogP contribution is 2.27. The zero-order valence-electron chi connectivity index (χ0n) is 9.88. The molecule has 1 heterocycles. The molecule has 1 aliphatic rings. The minimum atomic E-state index is -0.359. The summed E-state index contributed by atoms with van der Waals surface area (Å²) in [6, 6.07) is 3.24. The third-order valence-corrected chi connectivity index (χ3v) is 3.25. The molecule has 1 saturated carbocycles. The van der Waals surface area contributed by atoms with Gasteiger partial charge in [0, 0.05) is 17.8 Å². The molecule has 4 N–H and O–H groups in total. The molecule has 1 amide bonds. The predicted octanol–water partition coefficient (Wildman–Crippen LogP) is 0.295. The Labute approximate surface area is 99.4 Å². The average Bonchev–Trinajstić information content (AvgIpc) is 2.23. The van der Waals surface area contributed by atoms with E-state index in [1.54, 1.807) is 13.0 Å². The second-order valence-corrected chi connectivity index (χ2v) is 4.78. The Morgan fingerprint density at radius 3 is 2.76 bits per heavy atom. The second-order valence-electron chi connectivity index (χ2n) is 4.78. The fraction of sp³-hybridized carbons (Fsp3) is 0.500. The molecule has 0 aromatic carbocycles. The maximum atomic E-state index is 11.8. The first kappa shape index (κ1) is 11.9. The van der Waals surface area contributed by atoms with Crippen LogP contribution in [0, 0.1) is 6.92 Å². The molecule has 17 heavy (non-hydrogen) atoms. The van der Waals surface area contributed by atoms with Crippen LogP contribution in [0.3, 0.4) is 0 Å². The van der Waals surface area contributed by atoms with Crippen molar-refractivity contribution in [3.63, 3.8) is 0 Å². The smallest absolute Gasteiger partial charge is 0.260 e. The first-order valence-corrected chi connectivity index (χ1v) is 5.77. The molecule has 2 rings (SSSR count). The Morgan fingerprint density at radius 1 is 1.53 bits per heavy atom. The lowest BCUT2D eigenvalue weighted by atomic mass is 9.78. The number of amides is 1. The summed E-state index contributed by atoms with van der Waals surface area (Å²) >= 11 is 0. The number of carbonyl (C=O) groups is 1. The van der Waals surface area contributed by atoms with E-state index in [0.717, 1.165) is 25.0 Å². The lowest BCUT2D eigenvalue weighted by Crippen LogP contribution is -2.55. The standard InChI is InChI=1S/C12H17N3O2/c1-8-3-4-9(11(17)15-8)10(16)14-7-12(13)5-2-6-12/h3-4H,2,5-7,13H2,1H3,(H,14,16)(H,15,17). The number of aromatic amines is 1. The monoisotopic (exact) mass is 235 g/mol. The van der Waals surface area contributed by atoms with Gasteiger partial charge in [0.2, 0.25) is 0 Å². The van der Waals surface area contributed by atoms with Gasteiger partial charge < -0.3 is 16.0 Å². The van der Waals surface area contributed by atoms with Crippen LogP contribution in [-0.2, 0) is 0 Å². The fourth-order valence-electron chi connectivity index (χ4n) is 1.91. The zero-order chi connectivity index (χ0) is 12.5. The van der Waals surface area contributed by atoms with E-state index in [0.29, 0.717) is 6.54 Å². The van der Waals surface area contributed by atoms with E-state index in [9.17, 15) is 9.59 Å². The summed E-state index contributed by atoms with van der Waals surface area (Å²) in [7, 11) is 0. The summed E-state index contributed by atoms with van der Waals surface area (Å²) in [5.41, 5.74) is 6.24. The molecule has 0 bridgehead atoms. The van der Waals surface area contributed by atoms with Crippen molar-refractivity contribution in [3.8, 4) is 0 Å². The second kappa shape index (κ2) is 4.33. The summed E-state index contributed by atoms with van der Waals surface area (Å²) < 4.78 is 0. The number of rotatable bonds is 3. The Kier molecular flexibility index (Phi) is 3.02. The molecule has 1 aliphatic carbocycles. The van der Waals surface area contributed by atoms with Crippen LogP contribution in [0.5, 0.6) is 0 Å². The van der Waals surface area contributed by atoms with E-state index < -0.39 is 0 Å². The number of hydrogen-bond donors (Lipinski definition) is 3. The molecule has 5 nitrogen and oxygen atoms in total. The fourth-order valence-corrected chi connectivity index (χ4v) is 1.91. The summed E-state index contributed by atoms with van der Waals surface area (Å²) in [5, 5.41) is 2.72. The number of aryl methyl sites for hydroxylation is 1. The van der Waals surface area contributed by atoms with Crippen LogP contribution < -0.4 is 16.6 Å². The SMILES string of the molecule is Cc1ccc(C(=O)NCC2(N)CCC2)c(=O)[nH]1. The molecule has 0 aliphatic heterocycles. The van der Waals surface area contributed by atoms with Crippen molar-refractivity contribution in [2.45, 2.75) is 31.7 Å². The van der Waals surface area contributed by atoms with Crippen molar-refractivity contribution in [2.24, 2.45) is 5.73 Å². The topological polar surface area (TPSA) is 88.0 Å². The zero-order valence-corrected chi connectivity index (χ0v) is 9.88. The van der Waals surface area contributed by atoms with Crippen molar-refractivity contribution in [2.75, 3.05) is 6.54 Å². The van der Waals surface area contributed by atoms with E-state index in [-0.39, 0.29) is 22.6 Å². The van der Waals surface area contributed by atoms with Crippen LogP contribution in [0.4, 0.5) is 0 Å². The van der Waals surface area contributed by atoms with E-state index in [4.69, 9.17) is 5.73 Å². The minimum Gasteiger partial charge on any atom is -0.350 e. The highest BCUT2D eigenvalue weighted by atomic mass is 16.2. The number of aromatic nitrogens is 1. The van der Waals surface area contributed by atoms with Crippen LogP contribution >= 0.6 is 0 Å².